The summed E-state index contributed by atoms with van der Waals surface area (Å²) in [6.45, 7) is 8.33. The molecule has 0 aliphatic rings. The molecule has 0 amide bonds. The Balaban J connectivity index is 2.57. The molecule has 0 aliphatic carbocycles. The van der Waals surface area contributed by atoms with Gasteiger partial charge in [0.2, 0.25) is 0 Å². The molecule has 0 atom stereocenters. The highest BCUT2D eigenvalue weighted by Crippen LogP contribution is 2.16. The fourth-order valence-corrected chi connectivity index (χ4v) is 1.55. The summed E-state index contributed by atoms with van der Waals surface area (Å²) in [5.41, 5.74) is 1.26. The Morgan fingerprint density at radius 3 is 2.53 bits per heavy atom. The number of hydrogen-bond donors (Lipinski definition) is 0. The molecule has 0 heterocycles. The maximum absolute atomic E-state index is 11.5. The minimum absolute atomic E-state index is 0.0360. The maximum atomic E-state index is 11.5. The van der Waals surface area contributed by atoms with E-state index in [1.807, 2.05) is 32.0 Å². The second kappa shape index (κ2) is 6.43. The number of rotatable bonds is 6. The van der Waals surface area contributed by atoms with Crippen LogP contribution in [-0.2, 0) is 11.2 Å². The maximum Gasteiger partial charge on any atom is 0.172 e. The van der Waals surface area contributed by atoms with Crippen LogP contribution in [0.25, 0.3) is 0 Å². The van der Waals surface area contributed by atoms with Crippen LogP contribution < -0.4 is 4.74 Å². The van der Waals surface area contributed by atoms with E-state index in [1.54, 1.807) is 0 Å². The number of benzene rings is 1. The van der Waals surface area contributed by atoms with Crippen LogP contribution >= 0.6 is 0 Å². The fraction of sp³-hybridized carbons (Fsp3) is 0.533. The molecular formula is C15H22O2. The van der Waals surface area contributed by atoms with Gasteiger partial charge >= 0.3 is 0 Å². The molecule has 1 rings (SSSR count). The molecule has 0 N–H and O–H groups in total. The van der Waals surface area contributed by atoms with Crippen molar-refractivity contribution in [2.45, 2.75) is 34.1 Å². The van der Waals surface area contributed by atoms with Crippen molar-refractivity contribution in [1.82, 2.24) is 0 Å². The topological polar surface area (TPSA) is 26.3 Å². The number of carbonyl (C=O) groups is 1. The summed E-state index contributed by atoms with van der Waals surface area (Å²) in [6.07, 6.45) is 1.04. The first-order valence-corrected chi connectivity index (χ1v) is 6.23. The van der Waals surface area contributed by atoms with Crippen LogP contribution in [-0.4, -0.2) is 12.4 Å². The third kappa shape index (κ3) is 5.03. The lowest BCUT2D eigenvalue weighted by atomic mass is 10.0. The standard InChI is InChI=1S/C15H22O2/c1-11(2)8-13-6-5-7-14(9-13)17-10-15(16)12(3)4/h5-7,9,11-12H,8,10H2,1-4H3. The second-order valence-corrected chi connectivity index (χ2v) is 5.16. The molecule has 0 bridgehead atoms. The van der Waals surface area contributed by atoms with E-state index in [1.165, 1.54) is 5.56 Å². The van der Waals surface area contributed by atoms with E-state index in [4.69, 9.17) is 4.74 Å². The number of ether oxygens (including phenoxy) is 1. The normalized spacial score (nSPS) is 10.9. The van der Waals surface area contributed by atoms with Crippen molar-refractivity contribution in [2.75, 3.05) is 6.61 Å². The Labute approximate surface area is 104 Å². The molecule has 0 saturated heterocycles. The molecule has 2 nitrogen and oxygen atoms in total. The molecule has 94 valence electrons. The summed E-state index contributed by atoms with van der Waals surface area (Å²) in [5, 5.41) is 0. The minimum atomic E-state index is 0.0360. The van der Waals surface area contributed by atoms with Gasteiger partial charge in [0.25, 0.3) is 0 Å². The van der Waals surface area contributed by atoms with Crippen molar-refractivity contribution in [2.24, 2.45) is 11.8 Å². The van der Waals surface area contributed by atoms with Crippen LogP contribution in [0.2, 0.25) is 0 Å². The van der Waals surface area contributed by atoms with E-state index in [0.717, 1.165) is 12.2 Å². The third-order valence-electron chi connectivity index (χ3n) is 2.57. The van der Waals surface area contributed by atoms with E-state index in [9.17, 15) is 4.79 Å². The molecule has 1 aromatic rings. The van der Waals surface area contributed by atoms with Crippen molar-refractivity contribution in [3.8, 4) is 5.75 Å². The first kappa shape index (κ1) is 13.8. The van der Waals surface area contributed by atoms with Gasteiger partial charge in [-0.2, -0.15) is 0 Å². The SMILES string of the molecule is CC(C)Cc1cccc(OCC(=O)C(C)C)c1. The first-order valence-electron chi connectivity index (χ1n) is 6.23. The van der Waals surface area contributed by atoms with E-state index in [0.29, 0.717) is 5.92 Å². The Kier molecular flexibility index (Phi) is 5.20. The van der Waals surface area contributed by atoms with E-state index < -0.39 is 0 Å². The van der Waals surface area contributed by atoms with Gasteiger partial charge < -0.3 is 4.74 Å². The molecule has 0 fully saturated rings. The Bertz CT molecular complexity index is 367. The summed E-state index contributed by atoms with van der Waals surface area (Å²) < 4.78 is 5.50. The highest BCUT2D eigenvalue weighted by molar-refractivity contribution is 5.81. The highest BCUT2D eigenvalue weighted by Gasteiger charge is 2.08. The molecule has 0 aromatic heterocycles. The van der Waals surface area contributed by atoms with Crippen LogP contribution in [0.5, 0.6) is 5.75 Å². The molecular weight excluding hydrogens is 212 g/mol. The van der Waals surface area contributed by atoms with Gasteiger partial charge in [-0.15, -0.1) is 0 Å². The van der Waals surface area contributed by atoms with Crippen molar-refractivity contribution in [3.05, 3.63) is 29.8 Å². The number of ketones is 1. The molecule has 1 aromatic carbocycles. The van der Waals surface area contributed by atoms with Crippen LogP contribution in [0.4, 0.5) is 0 Å². The van der Waals surface area contributed by atoms with Gasteiger partial charge in [-0.1, -0.05) is 39.8 Å². The summed E-state index contributed by atoms with van der Waals surface area (Å²) in [6, 6.07) is 8.00. The third-order valence-corrected chi connectivity index (χ3v) is 2.57. The Morgan fingerprint density at radius 2 is 1.94 bits per heavy atom. The van der Waals surface area contributed by atoms with Crippen molar-refractivity contribution in [1.29, 1.82) is 0 Å². The van der Waals surface area contributed by atoms with Crippen LogP contribution in [0.3, 0.4) is 0 Å². The number of carbonyl (C=O) groups excluding carboxylic acids is 1. The molecule has 0 spiro atoms. The summed E-state index contributed by atoms with van der Waals surface area (Å²) in [4.78, 5) is 11.5. The number of Topliss-reactive ketones (excluding diaryl/α,β-unsaturated/α-hetero) is 1. The lowest BCUT2D eigenvalue weighted by molar-refractivity contribution is -0.123. The lowest BCUT2D eigenvalue weighted by Crippen LogP contribution is -2.16. The van der Waals surface area contributed by atoms with Gasteiger partial charge in [0, 0.05) is 5.92 Å². The average Bonchev–Trinajstić information content (AvgIpc) is 2.25. The lowest BCUT2D eigenvalue weighted by Gasteiger charge is -2.10. The molecule has 0 aliphatic heterocycles. The summed E-state index contributed by atoms with van der Waals surface area (Å²) in [5.74, 6) is 1.59. The largest absolute Gasteiger partial charge is 0.486 e. The van der Waals surface area contributed by atoms with Gasteiger partial charge in [0.15, 0.2) is 5.78 Å². The smallest absolute Gasteiger partial charge is 0.172 e. The predicted octanol–water partition coefficient (Wildman–Crippen LogP) is 3.49. The van der Waals surface area contributed by atoms with Crippen molar-refractivity contribution >= 4 is 5.78 Å². The highest BCUT2D eigenvalue weighted by atomic mass is 16.5. The Hall–Kier alpha value is -1.31. The zero-order valence-corrected chi connectivity index (χ0v) is 11.2. The van der Waals surface area contributed by atoms with Crippen molar-refractivity contribution in [3.63, 3.8) is 0 Å². The average molecular weight is 234 g/mol. The first-order chi connectivity index (χ1) is 7.99. The van der Waals surface area contributed by atoms with Crippen LogP contribution in [0, 0.1) is 11.8 Å². The predicted molar refractivity (Wildman–Crippen MR) is 70.3 cm³/mol. The van der Waals surface area contributed by atoms with Gasteiger partial charge in [-0.05, 0) is 30.0 Å². The van der Waals surface area contributed by atoms with Gasteiger partial charge in [-0.25, -0.2) is 0 Å². The van der Waals surface area contributed by atoms with E-state index in [-0.39, 0.29) is 18.3 Å². The van der Waals surface area contributed by atoms with Gasteiger partial charge in [0.05, 0.1) is 0 Å². The fourth-order valence-electron chi connectivity index (χ4n) is 1.55. The quantitative estimate of drug-likeness (QED) is 0.753. The monoisotopic (exact) mass is 234 g/mol. The summed E-state index contributed by atoms with van der Waals surface area (Å²) in [7, 11) is 0. The molecule has 0 radical (unpaired) electrons. The van der Waals surface area contributed by atoms with E-state index >= 15 is 0 Å². The Morgan fingerprint density at radius 1 is 1.24 bits per heavy atom. The minimum Gasteiger partial charge on any atom is -0.486 e. The van der Waals surface area contributed by atoms with Gasteiger partial charge in [-0.3, -0.25) is 4.79 Å². The van der Waals surface area contributed by atoms with Gasteiger partial charge in [0.1, 0.15) is 12.4 Å². The molecule has 0 saturated carbocycles. The van der Waals surface area contributed by atoms with Crippen LogP contribution in [0.15, 0.2) is 24.3 Å². The molecule has 17 heavy (non-hydrogen) atoms. The summed E-state index contributed by atoms with van der Waals surface area (Å²) >= 11 is 0. The zero-order chi connectivity index (χ0) is 12.8. The number of hydrogen-bond acceptors (Lipinski definition) is 2. The van der Waals surface area contributed by atoms with E-state index in [2.05, 4.69) is 19.9 Å². The molecule has 2 heteroatoms. The molecule has 0 unspecified atom stereocenters. The second-order valence-electron chi connectivity index (χ2n) is 5.16. The van der Waals surface area contributed by atoms with Crippen LogP contribution in [0.1, 0.15) is 33.3 Å². The van der Waals surface area contributed by atoms with Crippen molar-refractivity contribution < 1.29 is 9.53 Å². The zero-order valence-electron chi connectivity index (χ0n) is 11.2.